The van der Waals surface area contributed by atoms with Gasteiger partial charge in [-0.3, -0.25) is 0 Å². The molecule has 1 aromatic carbocycles. The summed E-state index contributed by atoms with van der Waals surface area (Å²) in [5.41, 5.74) is 5.03. The van der Waals surface area contributed by atoms with Crippen LogP contribution in [0, 0.1) is 6.92 Å². The Hall–Kier alpha value is -3.04. The van der Waals surface area contributed by atoms with E-state index >= 15 is 0 Å². The molecular weight excluding hydrogens is 418 g/mol. The number of methoxy groups -OCH3 is 1. The summed E-state index contributed by atoms with van der Waals surface area (Å²) in [6.07, 6.45) is 3.53. The lowest BCUT2D eigenvalue weighted by Crippen LogP contribution is -2.21. The van der Waals surface area contributed by atoms with E-state index in [1.165, 1.54) is 0 Å². The highest BCUT2D eigenvalue weighted by Gasteiger charge is 2.20. The van der Waals surface area contributed by atoms with Gasteiger partial charge in [-0.15, -0.1) is 0 Å². The first-order chi connectivity index (χ1) is 15.6. The molecule has 7 nitrogen and oxygen atoms in total. The zero-order valence-corrected chi connectivity index (χ0v) is 18.1. The average Bonchev–Trinajstić information content (AvgIpc) is 3.25. The number of anilines is 2. The topological polar surface area (TPSA) is 70.4 Å². The summed E-state index contributed by atoms with van der Waals surface area (Å²) in [4.78, 5) is 9.17. The summed E-state index contributed by atoms with van der Waals surface area (Å²) in [7, 11) is 1.62. The summed E-state index contributed by atoms with van der Waals surface area (Å²) in [6.45, 7) is 1.14. The van der Waals surface area contributed by atoms with E-state index in [4.69, 9.17) is 14.2 Å². The average molecular weight is 444 g/mol. The van der Waals surface area contributed by atoms with E-state index in [1.54, 1.807) is 7.11 Å². The van der Waals surface area contributed by atoms with Crippen molar-refractivity contribution in [1.82, 2.24) is 14.5 Å². The van der Waals surface area contributed by atoms with E-state index in [9.17, 15) is 8.78 Å². The summed E-state index contributed by atoms with van der Waals surface area (Å²) >= 11 is 0. The smallest absolute Gasteiger partial charge is 0.227 e. The van der Waals surface area contributed by atoms with Crippen LogP contribution in [0.2, 0.25) is 0 Å². The lowest BCUT2D eigenvalue weighted by molar-refractivity contribution is 0.00601. The lowest BCUT2D eigenvalue weighted by atomic mass is 10.1. The number of hydrogen-bond donors (Lipinski definition) is 1. The lowest BCUT2D eigenvalue weighted by Gasteiger charge is -2.21. The molecule has 1 N–H and O–H groups in total. The Kier molecular flexibility index (Phi) is 6.96. The number of benzene rings is 1. The summed E-state index contributed by atoms with van der Waals surface area (Å²) in [5, 5.41) is 3.21. The van der Waals surface area contributed by atoms with Crippen LogP contribution in [0.15, 0.2) is 36.7 Å². The predicted molar refractivity (Wildman–Crippen MR) is 116 cm³/mol. The molecule has 2 aromatic heterocycles. The number of nitrogens with zero attached hydrogens (tertiary/aromatic N) is 3. The first kappa shape index (κ1) is 22.2. The Balaban J connectivity index is 1.60. The Morgan fingerprint density at radius 2 is 2.06 bits per heavy atom. The van der Waals surface area contributed by atoms with Crippen molar-refractivity contribution in [2.75, 3.05) is 32.4 Å². The molecule has 3 heterocycles. The second kappa shape index (κ2) is 10.1. The van der Waals surface area contributed by atoms with Gasteiger partial charge in [0.15, 0.2) is 0 Å². The Labute approximate surface area is 185 Å². The number of ether oxygens (including phenoxy) is 3. The number of alkyl halides is 2. The van der Waals surface area contributed by atoms with Gasteiger partial charge in [-0.25, -0.2) is 18.7 Å². The molecule has 0 saturated heterocycles. The molecule has 4 rings (SSSR count). The molecule has 170 valence electrons. The highest BCUT2D eigenvalue weighted by Crippen LogP contribution is 2.29. The third-order valence-corrected chi connectivity index (χ3v) is 5.26. The van der Waals surface area contributed by atoms with Crippen molar-refractivity contribution in [2.24, 2.45) is 0 Å². The van der Waals surface area contributed by atoms with Gasteiger partial charge in [-0.05, 0) is 30.7 Å². The van der Waals surface area contributed by atoms with Crippen LogP contribution in [0.5, 0.6) is 5.75 Å². The Morgan fingerprint density at radius 3 is 2.78 bits per heavy atom. The normalized spacial score (nSPS) is 13.3. The van der Waals surface area contributed by atoms with Gasteiger partial charge in [-0.1, -0.05) is 0 Å². The first-order valence-electron chi connectivity index (χ1n) is 10.4. The standard InChI is InChI=1S/C23H26F2N4O3/c1-15-5-7-29(12-15)21-4-3-16(9-22(21)30-2)26-23-27-19-6-8-31-13-18(19)20(28-23)14-32-17(10-24)11-25/h3-5,7,9,12,17H,6,8,10-11,13-14H2,1-2H3,(H,26,27,28). The molecule has 0 spiro atoms. The second-order valence-corrected chi connectivity index (χ2v) is 7.57. The van der Waals surface area contributed by atoms with E-state index in [0.717, 1.165) is 28.2 Å². The molecule has 0 bridgehead atoms. The number of fused-ring (bicyclic) bond motifs is 1. The molecule has 0 saturated carbocycles. The van der Waals surface area contributed by atoms with Crippen LogP contribution in [0.4, 0.5) is 20.4 Å². The van der Waals surface area contributed by atoms with Gasteiger partial charge >= 0.3 is 0 Å². The third kappa shape index (κ3) is 4.89. The molecule has 9 heteroatoms. The molecule has 0 fully saturated rings. The van der Waals surface area contributed by atoms with Crippen molar-refractivity contribution in [3.05, 3.63) is 59.2 Å². The molecule has 3 aromatic rings. The molecule has 32 heavy (non-hydrogen) atoms. The minimum absolute atomic E-state index is 0.0172. The van der Waals surface area contributed by atoms with Gasteiger partial charge < -0.3 is 24.1 Å². The third-order valence-electron chi connectivity index (χ3n) is 5.26. The summed E-state index contributed by atoms with van der Waals surface area (Å²) in [5.74, 6) is 1.07. The van der Waals surface area contributed by atoms with Gasteiger partial charge in [0.2, 0.25) is 5.95 Å². The van der Waals surface area contributed by atoms with Crippen LogP contribution in [0.25, 0.3) is 5.69 Å². The summed E-state index contributed by atoms with van der Waals surface area (Å²) < 4.78 is 44.1. The maximum absolute atomic E-state index is 12.8. The van der Waals surface area contributed by atoms with Crippen molar-refractivity contribution in [3.63, 3.8) is 0 Å². The maximum Gasteiger partial charge on any atom is 0.227 e. The van der Waals surface area contributed by atoms with Gasteiger partial charge in [0, 0.05) is 36.1 Å². The number of aromatic nitrogens is 3. The number of aryl methyl sites for hydroxylation is 1. The largest absolute Gasteiger partial charge is 0.494 e. The second-order valence-electron chi connectivity index (χ2n) is 7.57. The Bertz CT molecular complexity index is 1070. The zero-order chi connectivity index (χ0) is 22.5. The summed E-state index contributed by atoms with van der Waals surface area (Å²) in [6, 6.07) is 7.76. The molecular formula is C23H26F2N4O3. The van der Waals surface area contributed by atoms with Crippen molar-refractivity contribution in [2.45, 2.75) is 32.7 Å². The van der Waals surface area contributed by atoms with Crippen LogP contribution in [0.3, 0.4) is 0 Å². The van der Waals surface area contributed by atoms with Crippen molar-refractivity contribution in [1.29, 1.82) is 0 Å². The minimum Gasteiger partial charge on any atom is -0.494 e. The number of nitrogens with one attached hydrogen (secondary N) is 1. The minimum atomic E-state index is -1.10. The predicted octanol–water partition coefficient (Wildman–Crippen LogP) is 4.22. The quantitative estimate of drug-likeness (QED) is 0.533. The highest BCUT2D eigenvalue weighted by atomic mass is 19.1. The molecule has 1 aliphatic heterocycles. The van der Waals surface area contributed by atoms with E-state index in [1.807, 2.05) is 48.1 Å². The fourth-order valence-electron chi connectivity index (χ4n) is 3.55. The van der Waals surface area contributed by atoms with Crippen molar-refractivity contribution < 1.29 is 23.0 Å². The number of hydrogen-bond acceptors (Lipinski definition) is 6. The van der Waals surface area contributed by atoms with Crippen LogP contribution in [0.1, 0.15) is 22.5 Å². The molecule has 1 aliphatic rings. The fourth-order valence-corrected chi connectivity index (χ4v) is 3.55. The molecule has 0 unspecified atom stereocenters. The van der Waals surface area contributed by atoms with E-state index < -0.39 is 19.5 Å². The van der Waals surface area contributed by atoms with Crippen molar-refractivity contribution in [3.8, 4) is 11.4 Å². The van der Waals surface area contributed by atoms with Crippen molar-refractivity contribution >= 4 is 11.6 Å². The van der Waals surface area contributed by atoms with Crippen LogP contribution in [-0.2, 0) is 29.1 Å². The van der Waals surface area contributed by atoms with E-state index in [2.05, 4.69) is 15.3 Å². The fraction of sp³-hybridized carbons (Fsp3) is 0.391. The SMILES string of the molecule is COc1cc(Nc2nc3c(c(COC(CF)CF)n2)COCC3)ccc1-n1ccc(C)c1. The van der Waals surface area contributed by atoms with Gasteiger partial charge in [0.1, 0.15) is 25.2 Å². The highest BCUT2D eigenvalue weighted by molar-refractivity contribution is 5.62. The maximum atomic E-state index is 12.8. The molecule has 0 atom stereocenters. The molecule has 0 amide bonds. The number of halogens is 2. The molecule has 0 aliphatic carbocycles. The van der Waals surface area contributed by atoms with Gasteiger partial charge in [-0.2, -0.15) is 0 Å². The molecule has 0 radical (unpaired) electrons. The monoisotopic (exact) mass is 444 g/mol. The first-order valence-corrected chi connectivity index (χ1v) is 10.4. The van der Waals surface area contributed by atoms with Gasteiger partial charge in [0.25, 0.3) is 0 Å². The van der Waals surface area contributed by atoms with Crippen LogP contribution < -0.4 is 10.1 Å². The number of rotatable bonds is 9. The van der Waals surface area contributed by atoms with E-state index in [-0.39, 0.29) is 6.61 Å². The van der Waals surface area contributed by atoms with Gasteiger partial charge in [0.05, 0.1) is 44.0 Å². The van der Waals surface area contributed by atoms with Crippen LogP contribution >= 0.6 is 0 Å². The van der Waals surface area contributed by atoms with E-state index in [0.29, 0.717) is 37.0 Å². The zero-order valence-electron chi connectivity index (χ0n) is 18.1. The Morgan fingerprint density at radius 1 is 1.22 bits per heavy atom. The van der Waals surface area contributed by atoms with Crippen LogP contribution in [-0.4, -0.2) is 47.7 Å².